The molecule has 2 amide bonds. The molecule has 0 heterocycles. The molecule has 0 fully saturated rings. The van der Waals surface area contributed by atoms with Crippen molar-refractivity contribution in [2.24, 2.45) is 0 Å². The van der Waals surface area contributed by atoms with Crippen molar-refractivity contribution in [2.45, 2.75) is 19.3 Å². The van der Waals surface area contributed by atoms with Crippen LogP contribution in [0.2, 0.25) is 0 Å². The van der Waals surface area contributed by atoms with Crippen LogP contribution in [0.25, 0.3) is 0 Å². The molecule has 0 saturated carbocycles. The van der Waals surface area contributed by atoms with Gasteiger partial charge in [-0.3, -0.25) is 14.4 Å². The Morgan fingerprint density at radius 1 is 0.692 bits per heavy atom. The Hall–Kier alpha value is -1.75. The molecule has 0 rings (SSSR count). The number of amides is 2. The van der Waals surface area contributed by atoms with Crippen LogP contribution in [-0.2, 0) is 33.3 Å². The van der Waals surface area contributed by atoms with Crippen molar-refractivity contribution in [3.63, 3.8) is 0 Å². The highest BCUT2D eigenvalue weighted by molar-refractivity contribution is 5.78. The van der Waals surface area contributed by atoms with Gasteiger partial charge in [0.2, 0.25) is 11.8 Å². The highest BCUT2D eigenvalue weighted by Crippen LogP contribution is 1.87. The molecule has 0 aliphatic rings. The van der Waals surface area contributed by atoms with Crippen LogP contribution >= 0.6 is 0 Å². The van der Waals surface area contributed by atoms with Gasteiger partial charge in [-0.05, 0) is 0 Å². The molecule has 0 saturated heterocycles. The highest BCUT2D eigenvalue weighted by atomic mass is 16.6. The Bertz CT molecular complexity index is 392. The molecule has 0 atom stereocenters. The fourth-order valence-corrected chi connectivity index (χ4v) is 1.61. The first-order valence-corrected chi connectivity index (χ1v) is 8.56. The van der Waals surface area contributed by atoms with E-state index in [0.29, 0.717) is 52.8 Å². The fourth-order valence-electron chi connectivity index (χ4n) is 1.61. The standard InChI is InChI=1S/C16H30N2O8/c1-17-14(19)2-5-18-15(20)3-6-23-8-10-25-12-13-26-11-9-24-7-4-16(21)22/h2-13H2,1H3,(H,17,19)(H,18,20)(H,21,22). The first kappa shape index (κ1) is 24.2. The lowest BCUT2D eigenvalue weighted by molar-refractivity contribution is -0.138. The molecular formula is C16H30N2O8. The number of carbonyl (C=O) groups excluding carboxylic acids is 2. The zero-order valence-corrected chi connectivity index (χ0v) is 15.3. The number of rotatable bonds is 18. The van der Waals surface area contributed by atoms with Crippen LogP contribution < -0.4 is 10.6 Å². The minimum absolute atomic E-state index is 0.0131. The summed E-state index contributed by atoms with van der Waals surface area (Å²) in [4.78, 5) is 32.6. The lowest BCUT2D eigenvalue weighted by atomic mass is 10.3. The second kappa shape index (κ2) is 18.1. The van der Waals surface area contributed by atoms with Gasteiger partial charge in [0, 0.05) is 26.4 Å². The minimum atomic E-state index is -0.886. The van der Waals surface area contributed by atoms with Gasteiger partial charge < -0.3 is 34.7 Å². The Kier molecular flexibility index (Phi) is 16.8. The predicted molar refractivity (Wildman–Crippen MR) is 91.8 cm³/mol. The first-order chi connectivity index (χ1) is 12.6. The number of carbonyl (C=O) groups is 3. The number of carboxylic acid groups (broad SMARTS) is 1. The van der Waals surface area contributed by atoms with E-state index in [0.717, 1.165) is 0 Å². The summed E-state index contributed by atoms with van der Waals surface area (Å²) in [6.07, 6.45) is 0.479. The number of ether oxygens (including phenoxy) is 4. The molecule has 0 spiro atoms. The SMILES string of the molecule is CNC(=O)CCNC(=O)CCOCCOCCOCCOCCC(=O)O. The molecule has 0 bridgehead atoms. The topological polar surface area (TPSA) is 132 Å². The first-order valence-electron chi connectivity index (χ1n) is 8.56. The summed E-state index contributed by atoms with van der Waals surface area (Å²) in [6.45, 7) is 3.12. The molecule has 0 aliphatic heterocycles. The normalized spacial score (nSPS) is 10.5. The van der Waals surface area contributed by atoms with Crippen LogP contribution in [0.5, 0.6) is 0 Å². The summed E-state index contributed by atoms with van der Waals surface area (Å²) in [5, 5.41) is 13.5. The van der Waals surface area contributed by atoms with Gasteiger partial charge in [-0.2, -0.15) is 0 Å². The summed E-state index contributed by atoms with van der Waals surface area (Å²) in [5.41, 5.74) is 0. The highest BCUT2D eigenvalue weighted by Gasteiger charge is 2.03. The second-order valence-electron chi connectivity index (χ2n) is 5.12. The van der Waals surface area contributed by atoms with Gasteiger partial charge in [-0.25, -0.2) is 0 Å². The smallest absolute Gasteiger partial charge is 0.305 e. The molecule has 10 nitrogen and oxygen atoms in total. The fraction of sp³-hybridized carbons (Fsp3) is 0.812. The average molecular weight is 378 g/mol. The van der Waals surface area contributed by atoms with E-state index in [1.165, 1.54) is 0 Å². The maximum absolute atomic E-state index is 11.4. The van der Waals surface area contributed by atoms with Gasteiger partial charge in [-0.1, -0.05) is 0 Å². The zero-order valence-electron chi connectivity index (χ0n) is 15.3. The Labute approximate surface area is 153 Å². The Balaban J connectivity index is 3.18. The molecule has 26 heavy (non-hydrogen) atoms. The van der Waals surface area contributed by atoms with E-state index < -0.39 is 5.97 Å². The van der Waals surface area contributed by atoms with Crippen LogP contribution in [0.4, 0.5) is 0 Å². The van der Waals surface area contributed by atoms with Crippen LogP contribution in [0, 0.1) is 0 Å². The van der Waals surface area contributed by atoms with E-state index in [1.807, 2.05) is 0 Å². The lowest BCUT2D eigenvalue weighted by Gasteiger charge is -2.07. The molecule has 0 aromatic rings. The van der Waals surface area contributed by atoms with Crippen molar-refractivity contribution in [3.8, 4) is 0 Å². The van der Waals surface area contributed by atoms with Crippen molar-refractivity contribution in [1.29, 1.82) is 0 Å². The van der Waals surface area contributed by atoms with E-state index in [4.69, 9.17) is 24.1 Å². The molecule has 0 aromatic heterocycles. The Morgan fingerprint density at radius 3 is 1.62 bits per heavy atom. The van der Waals surface area contributed by atoms with Crippen molar-refractivity contribution in [1.82, 2.24) is 10.6 Å². The van der Waals surface area contributed by atoms with Crippen molar-refractivity contribution in [3.05, 3.63) is 0 Å². The van der Waals surface area contributed by atoms with Crippen LogP contribution in [-0.4, -0.2) is 89.3 Å². The minimum Gasteiger partial charge on any atom is -0.481 e. The van der Waals surface area contributed by atoms with Gasteiger partial charge in [0.05, 0.1) is 59.3 Å². The second-order valence-corrected chi connectivity index (χ2v) is 5.12. The lowest BCUT2D eigenvalue weighted by Crippen LogP contribution is -2.29. The summed E-state index contributed by atoms with van der Waals surface area (Å²) in [7, 11) is 1.55. The molecule has 152 valence electrons. The molecule has 0 unspecified atom stereocenters. The quantitative estimate of drug-likeness (QED) is 0.263. The van der Waals surface area contributed by atoms with Gasteiger partial charge in [0.25, 0.3) is 0 Å². The number of hydrogen-bond acceptors (Lipinski definition) is 7. The third-order valence-electron chi connectivity index (χ3n) is 3.00. The summed E-state index contributed by atoms with van der Waals surface area (Å²) in [5.74, 6) is -1.16. The molecule has 0 aliphatic carbocycles. The van der Waals surface area contributed by atoms with E-state index in [9.17, 15) is 14.4 Å². The third kappa shape index (κ3) is 18.6. The van der Waals surface area contributed by atoms with Crippen LogP contribution in [0.1, 0.15) is 19.3 Å². The largest absolute Gasteiger partial charge is 0.481 e. The van der Waals surface area contributed by atoms with Crippen molar-refractivity contribution >= 4 is 17.8 Å². The molecule has 0 aromatic carbocycles. The van der Waals surface area contributed by atoms with E-state index in [-0.39, 0.29) is 37.7 Å². The zero-order chi connectivity index (χ0) is 19.5. The summed E-state index contributed by atoms with van der Waals surface area (Å²) < 4.78 is 20.9. The van der Waals surface area contributed by atoms with Crippen LogP contribution in [0.3, 0.4) is 0 Å². The Morgan fingerprint density at radius 2 is 1.15 bits per heavy atom. The number of carboxylic acids is 1. The maximum atomic E-state index is 11.4. The van der Waals surface area contributed by atoms with Crippen LogP contribution in [0.15, 0.2) is 0 Å². The number of nitrogens with one attached hydrogen (secondary N) is 2. The van der Waals surface area contributed by atoms with Gasteiger partial charge in [-0.15, -0.1) is 0 Å². The van der Waals surface area contributed by atoms with Gasteiger partial charge >= 0.3 is 5.97 Å². The average Bonchev–Trinajstić information content (AvgIpc) is 2.61. The monoisotopic (exact) mass is 378 g/mol. The van der Waals surface area contributed by atoms with E-state index in [1.54, 1.807) is 7.05 Å². The van der Waals surface area contributed by atoms with Crippen molar-refractivity contribution < 1.29 is 38.4 Å². The predicted octanol–water partition coefficient (Wildman–Crippen LogP) is -0.830. The summed E-state index contributed by atoms with van der Waals surface area (Å²) >= 11 is 0. The maximum Gasteiger partial charge on any atom is 0.305 e. The van der Waals surface area contributed by atoms with E-state index in [2.05, 4.69) is 10.6 Å². The molecule has 10 heteroatoms. The summed E-state index contributed by atoms with van der Waals surface area (Å²) in [6, 6.07) is 0. The molecule has 0 radical (unpaired) electrons. The van der Waals surface area contributed by atoms with E-state index >= 15 is 0 Å². The number of aliphatic carboxylic acids is 1. The van der Waals surface area contributed by atoms with Crippen molar-refractivity contribution in [2.75, 3.05) is 66.4 Å². The molecule has 3 N–H and O–H groups in total. The van der Waals surface area contributed by atoms with Gasteiger partial charge in [0.15, 0.2) is 0 Å². The third-order valence-corrected chi connectivity index (χ3v) is 3.00. The van der Waals surface area contributed by atoms with Gasteiger partial charge in [0.1, 0.15) is 0 Å². The molecular weight excluding hydrogens is 348 g/mol. The number of hydrogen-bond donors (Lipinski definition) is 3.